The molecule has 3 aromatic carbocycles. The fourth-order valence-electron chi connectivity index (χ4n) is 3.10. The first-order chi connectivity index (χ1) is 12.7. The number of anilines is 1. The van der Waals surface area contributed by atoms with Gasteiger partial charge in [-0.25, -0.2) is 4.90 Å². The van der Waals surface area contributed by atoms with Gasteiger partial charge in [-0.2, -0.15) is 0 Å². The first kappa shape index (κ1) is 16.5. The third-order valence-corrected chi connectivity index (χ3v) is 4.82. The number of halogens is 1. The van der Waals surface area contributed by atoms with E-state index >= 15 is 0 Å². The summed E-state index contributed by atoms with van der Waals surface area (Å²) in [6.07, 6.45) is 0. The Kier molecular flexibility index (Phi) is 4.27. The zero-order valence-electron chi connectivity index (χ0n) is 13.7. The van der Waals surface area contributed by atoms with E-state index in [-0.39, 0.29) is 11.8 Å². The molecule has 0 saturated heterocycles. The first-order valence-electron chi connectivity index (χ1n) is 8.16. The van der Waals surface area contributed by atoms with Gasteiger partial charge >= 0.3 is 0 Å². The Hall–Kier alpha value is -2.98. The van der Waals surface area contributed by atoms with Crippen molar-refractivity contribution >= 4 is 44.6 Å². The van der Waals surface area contributed by atoms with Gasteiger partial charge in [-0.15, -0.1) is 0 Å². The highest BCUT2D eigenvalue weighted by Crippen LogP contribution is 2.38. The lowest BCUT2D eigenvalue weighted by Gasteiger charge is -2.15. The van der Waals surface area contributed by atoms with Crippen molar-refractivity contribution in [3.05, 3.63) is 101 Å². The molecule has 0 N–H and O–H groups in total. The Balaban J connectivity index is 1.90. The third-order valence-electron chi connectivity index (χ3n) is 4.29. The number of carbonyl (C=O) groups is 2. The second-order valence-electron chi connectivity index (χ2n) is 5.90. The smallest absolute Gasteiger partial charge is 0.266 e. The number of hydrogen-bond acceptors (Lipinski definition) is 2. The summed E-state index contributed by atoms with van der Waals surface area (Å²) in [6.45, 7) is 0. The molecule has 0 spiro atoms. The molecule has 3 aromatic rings. The Morgan fingerprint density at radius 2 is 1.00 bits per heavy atom. The summed E-state index contributed by atoms with van der Waals surface area (Å²) in [5.74, 6) is -0.607. The molecule has 1 aliphatic rings. The highest BCUT2D eigenvalue weighted by molar-refractivity contribution is 9.10. The highest BCUT2D eigenvalue weighted by atomic mass is 79.9. The van der Waals surface area contributed by atoms with Crippen molar-refractivity contribution in [3.63, 3.8) is 0 Å². The van der Waals surface area contributed by atoms with E-state index in [2.05, 4.69) is 15.9 Å². The number of nitrogens with zero attached hydrogens (tertiary/aromatic N) is 1. The largest absolute Gasteiger partial charge is 0.268 e. The van der Waals surface area contributed by atoms with Gasteiger partial charge in [0.05, 0.1) is 16.8 Å². The van der Waals surface area contributed by atoms with Gasteiger partial charge in [0, 0.05) is 4.47 Å². The zero-order chi connectivity index (χ0) is 18.1. The molecule has 0 aliphatic carbocycles. The maximum Gasteiger partial charge on any atom is 0.266 e. The molecular weight excluding hydrogens is 390 g/mol. The number of amides is 2. The fraction of sp³-hybridized carbons (Fsp3) is 0. The monoisotopic (exact) mass is 403 g/mol. The number of rotatable bonds is 3. The summed E-state index contributed by atoms with van der Waals surface area (Å²) in [7, 11) is 0. The molecule has 0 bridgehead atoms. The van der Waals surface area contributed by atoms with Crippen molar-refractivity contribution in [2.45, 2.75) is 0 Å². The number of imide groups is 1. The van der Waals surface area contributed by atoms with Crippen LogP contribution in [0.25, 0.3) is 11.1 Å². The van der Waals surface area contributed by atoms with Crippen LogP contribution < -0.4 is 4.90 Å². The minimum atomic E-state index is -0.303. The molecule has 0 atom stereocenters. The van der Waals surface area contributed by atoms with Crippen LogP contribution in [0, 0.1) is 0 Å². The maximum absolute atomic E-state index is 13.2. The van der Waals surface area contributed by atoms with Gasteiger partial charge in [0.25, 0.3) is 11.8 Å². The standard InChI is InChI=1S/C22H14BrNO2/c23-17-11-13-18(14-12-17)24-21(25)19(15-7-3-1-4-8-15)20(22(24)26)16-9-5-2-6-10-16/h1-14H. The molecule has 126 valence electrons. The van der Waals surface area contributed by atoms with E-state index in [4.69, 9.17) is 0 Å². The molecular formula is C22H14BrNO2. The first-order valence-corrected chi connectivity index (χ1v) is 8.95. The number of carbonyl (C=O) groups excluding carboxylic acids is 2. The van der Waals surface area contributed by atoms with Gasteiger partial charge in [-0.05, 0) is 35.4 Å². The van der Waals surface area contributed by atoms with E-state index < -0.39 is 0 Å². The number of benzene rings is 3. The van der Waals surface area contributed by atoms with Crippen molar-refractivity contribution in [3.8, 4) is 0 Å². The Labute approximate surface area is 159 Å². The maximum atomic E-state index is 13.2. The molecule has 0 fully saturated rings. The summed E-state index contributed by atoms with van der Waals surface area (Å²) in [5, 5.41) is 0. The van der Waals surface area contributed by atoms with E-state index in [1.54, 1.807) is 12.1 Å². The average Bonchev–Trinajstić information content (AvgIpc) is 2.94. The lowest BCUT2D eigenvalue weighted by atomic mass is 9.96. The van der Waals surface area contributed by atoms with Gasteiger partial charge in [0.2, 0.25) is 0 Å². The molecule has 0 unspecified atom stereocenters. The molecule has 0 aromatic heterocycles. The highest BCUT2D eigenvalue weighted by Gasteiger charge is 2.40. The molecule has 26 heavy (non-hydrogen) atoms. The third kappa shape index (κ3) is 2.78. The van der Waals surface area contributed by atoms with Crippen molar-refractivity contribution in [1.82, 2.24) is 0 Å². The van der Waals surface area contributed by atoms with Crippen LogP contribution in [0.5, 0.6) is 0 Å². The fourth-order valence-corrected chi connectivity index (χ4v) is 3.36. The van der Waals surface area contributed by atoms with Crippen LogP contribution in [-0.4, -0.2) is 11.8 Å². The van der Waals surface area contributed by atoms with Crippen LogP contribution in [0.3, 0.4) is 0 Å². The SMILES string of the molecule is O=C1C(c2ccccc2)=C(c2ccccc2)C(=O)N1c1ccc(Br)cc1. The van der Waals surface area contributed by atoms with Crippen LogP contribution in [0.2, 0.25) is 0 Å². The molecule has 0 radical (unpaired) electrons. The van der Waals surface area contributed by atoms with Gasteiger partial charge < -0.3 is 0 Å². The summed E-state index contributed by atoms with van der Waals surface area (Å²) in [5.41, 5.74) is 2.91. The van der Waals surface area contributed by atoms with Crippen molar-refractivity contribution < 1.29 is 9.59 Å². The Morgan fingerprint density at radius 3 is 1.42 bits per heavy atom. The van der Waals surface area contributed by atoms with E-state index in [9.17, 15) is 9.59 Å². The van der Waals surface area contributed by atoms with Gasteiger partial charge in [-0.1, -0.05) is 76.6 Å². The minimum Gasteiger partial charge on any atom is -0.268 e. The van der Waals surface area contributed by atoms with Crippen LogP contribution in [0.4, 0.5) is 5.69 Å². The van der Waals surface area contributed by atoms with Gasteiger partial charge in [-0.3, -0.25) is 9.59 Å². The Bertz CT molecular complexity index is 948. The van der Waals surface area contributed by atoms with Crippen LogP contribution in [0.15, 0.2) is 89.4 Å². The predicted molar refractivity (Wildman–Crippen MR) is 106 cm³/mol. The van der Waals surface area contributed by atoms with E-state index in [0.717, 1.165) is 15.6 Å². The Morgan fingerprint density at radius 1 is 0.577 bits per heavy atom. The van der Waals surface area contributed by atoms with Crippen LogP contribution >= 0.6 is 15.9 Å². The van der Waals surface area contributed by atoms with Crippen molar-refractivity contribution in [1.29, 1.82) is 0 Å². The normalized spacial score (nSPS) is 14.3. The summed E-state index contributed by atoms with van der Waals surface area (Å²) in [4.78, 5) is 27.7. The summed E-state index contributed by atoms with van der Waals surface area (Å²) < 4.78 is 0.889. The topological polar surface area (TPSA) is 37.4 Å². The van der Waals surface area contributed by atoms with Crippen molar-refractivity contribution in [2.75, 3.05) is 4.90 Å². The van der Waals surface area contributed by atoms with E-state index in [1.165, 1.54) is 4.90 Å². The quantitative estimate of drug-likeness (QED) is 0.581. The van der Waals surface area contributed by atoms with Crippen LogP contribution in [0.1, 0.15) is 11.1 Å². The molecule has 1 heterocycles. The van der Waals surface area contributed by atoms with Crippen molar-refractivity contribution in [2.24, 2.45) is 0 Å². The zero-order valence-corrected chi connectivity index (χ0v) is 15.3. The second kappa shape index (κ2) is 6.73. The van der Waals surface area contributed by atoms with Gasteiger partial charge in [0.1, 0.15) is 0 Å². The lowest BCUT2D eigenvalue weighted by Crippen LogP contribution is -2.31. The molecule has 0 saturated carbocycles. The molecule has 2 amide bonds. The van der Waals surface area contributed by atoms with Crippen LogP contribution in [-0.2, 0) is 9.59 Å². The second-order valence-corrected chi connectivity index (χ2v) is 6.82. The molecule has 1 aliphatic heterocycles. The predicted octanol–water partition coefficient (Wildman–Crippen LogP) is 4.93. The lowest BCUT2D eigenvalue weighted by molar-refractivity contribution is -0.119. The minimum absolute atomic E-state index is 0.303. The molecule has 3 nitrogen and oxygen atoms in total. The van der Waals surface area contributed by atoms with E-state index in [1.807, 2.05) is 72.8 Å². The van der Waals surface area contributed by atoms with Gasteiger partial charge in [0.15, 0.2) is 0 Å². The number of hydrogen-bond donors (Lipinski definition) is 0. The van der Waals surface area contributed by atoms with E-state index in [0.29, 0.717) is 16.8 Å². The summed E-state index contributed by atoms with van der Waals surface area (Å²) >= 11 is 3.38. The molecule has 4 heteroatoms. The average molecular weight is 404 g/mol. The summed E-state index contributed by atoms with van der Waals surface area (Å²) in [6, 6.07) is 25.8. The molecule has 4 rings (SSSR count).